The predicted octanol–water partition coefficient (Wildman–Crippen LogP) is 1.05. The molecular weight excluding hydrogens is 320 g/mol. The zero-order valence-electron chi connectivity index (χ0n) is 14.4. The molecular formula is C18H24N4O3. The average molecular weight is 344 g/mol. The summed E-state index contributed by atoms with van der Waals surface area (Å²) in [6, 6.07) is 7.06. The van der Waals surface area contributed by atoms with Crippen molar-refractivity contribution in [1.82, 2.24) is 20.1 Å². The van der Waals surface area contributed by atoms with Crippen LogP contribution >= 0.6 is 0 Å². The maximum absolute atomic E-state index is 12.0. The van der Waals surface area contributed by atoms with Crippen molar-refractivity contribution in [2.24, 2.45) is 0 Å². The molecule has 1 aromatic carbocycles. The van der Waals surface area contributed by atoms with Crippen LogP contribution in [0.2, 0.25) is 0 Å². The average Bonchev–Trinajstić information content (AvgIpc) is 3.00. The fourth-order valence-electron chi connectivity index (χ4n) is 3.44. The van der Waals surface area contributed by atoms with Crippen molar-refractivity contribution in [3.8, 4) is 0 Å². The highest BCUT2D eigenvalue weighted by atomic mass is 16.4. The lowest BCUT2D eigenvalue weighted by molar-refractivity contribution is -0.144. The van der Waals surface area contributed by atoms with E-state index in [1.807, 2.05) is 36.1 Å². The number of likely N-dealkylation sites (N-methyl/N-ethyl adjacent to an activating group) is 1. The van der Waals surface area contributed by atoms with E-state index in [-0.39, 0.29) is 5.91 Å². The Morgan fingerprint density at radius 1 is 1.24 bits per heavy atom. The maximum Gasteiger partial charge on any atom is 0.325 e. The number of H-pyrrole nitrogens is 1. The molecule has 0 saturated carbocycles. The molecule has 1 saturated heterocycles. The van der Waals surface area contributed by atoms with E-state index in [9.17, 15) is 14.7 Å². The lowest BCUT2D eigenvalue weighted by Gasteiger charge is -2.37. The Kier molecular flexibility index (Phi) is 5.35. The molecule has 0 spiro atoms. The smallest absolute Gasteiger partial charge is 0.325 e. The van der Waals surface area contributed by atoms with Gasteiger partial charge < -0.3 is 15.4 Å². The number of aromatic nitrogens is 1. The second-order valence-electron chi connectivity index (χ2n) is 6.30. The van der Waals surface area contributed by atoms with Crippen molar-refractivity contribution in [2.45, 2.75) is 13.0 Å². The zero-order chi connectivity index (χ0) is 17.8. The van der Waals surface area contributed by atoms with Crippen LogP contribution in [0.15, 0.2) is 30.5 Å². The van der Waals surface area contributed by atoms with Gasteiger partial charge in [0.2, 0.25) is 5.91 Å². The number of hydrogen-bond donors (Lipinski definition) is 3. The Morgan fingerprint density at radius 3 is 2.64 bits per heavy atom. The summed E-state index contributed by atoms with van der Waals surface area (Å²) < 4.78 is 0. The number of benzene rings is 1. The summed E-state index contributed by atoms with van der Waals surface area (Å²) in [6.45, 7) is 5.50. The van der Waals surface area contributed by atoms with Gasteiger partial charge in [-0.1, -0.05) is 18.2 Å². The number of carbonyl (C=O) groups excluding carboxylic acids is 1. The van der Waals surface area contributed by atoms with Gasteiger partial charge in [-0.3, -0.25) is 19.4 Å². The Labute approximate surface area is 146 Å². The first-order chi connectivity index (χ1) is 12.1. The van der Waals surface area contributed by atoms with E-state index in [2.05, 4.69) is 15.2 Å². The van der Waals surface area contributed by atoms with Crippen molar-refractivity contribution in [2.75, 3.05) is 39.3 Å². The predicted molar refractivity (Wildman–Crippen MR) is 95.4 cm³/mol. The topological polar surface area (TPSA) is 88.7 Å². The van der Waals surface area contributed by atoms with Gasteiger partial charge in [0.25, 0.3) is 0 Å². The van der Waals surface area contributed by atoms with E-state index in [1.165, 1.54) is 0 Å². The minimum absolute atomic E-state index is 0.0161. The molecule has 2 heterocycles. The lowest BCUT2D eigenvalue weighted by Crippen LogP contribution is -2.51. The van der Waals surface area contributed by atoms with Crippen LogP contribution in [0.25, 0.3) is 10.9 Å². The minimum atomic E-state index is -0.845. The van der Waals surface area contributed by atoms with Crippen LogP contribution in [-0.2, 0) is 9.59 Å². The number of para-hydroxylation sites is 1. The Hall–Kier alpha value is -2.38. The van der Waals surface area contributed by atoms with E-state index >= 15 is 0 Å². The van der Waals surface area contributed by atoms with Crippen LogP contribution in [0.3, 0.4) is 0 Å². The molecule has 0 radical (unpaired) electrons. The number of nitrogens with zero attached hydrogens (tertiary/aromatic N) is 2. The van der Waals surface area contributed by atoms with Crippen LogP contribution in [0, 0.1) is 0 Å². The normalized spacial score (nSPS) is 17.5. The maximum atomic E-state index is 12.0. The quantitative estimate of drug-likeness (QED) is 0.729. The number of carbonyl (C=O) groups is 2. The van der Waals surface area contributed by atoms with Gasteiger partial charge in [0.05, 0.1) is 6.54 Å². The van der Waals surface area contributed by atoms with Crippen molar-refractivity contribution in [1.29, 1.82) is 0 Å². The Balaban J connectivity index is 1.71. The molecule has 2 aromatic rings. The zero-order valence-corrected chi connectivity index (χ0v) is 14.4. The molecule has 7 nitrogen and oxygen atoms in total. The number of nitrogens with one attached hydrogen (secondary N) is 2. The number of hydrogen-bond acceptors (Lipinski definition) is 4. The van der Waals surface area contributed by atoms with Gasteiger partial charge in [-0.05, 0) is 13.0 Å². The molecule has 1 aromatic heterocycles. The first-order valence-corrected chi connectivity index (χ1v) is 8.62. The summed E-state index contributed by atoms with van der Waals surface area (Å²) in [6.07, 6.45) is 1.80. The molecule has 0 bridgehead atoms. The molecule has 0 unspecified atom stereocenters. The van der Waals surface area contributed by atoms with Crippen LogP contribution in [0.4, 0.5) is 0 Å². The highest BCUT2D eigenvalue weighted by Gasteiger charge is 2.32. The summed E-state index contributed by atoms with van der Waals surface area (Å²) in [7, 11) is 0. The monoisotopic (exact) mass is 344 g/mol. The first kappa shape index (κ1) is 17.4. The van der Waals surface area contributed by atoms with Crippen molar-refractivity contribution < 1.29 is 14.7 Å². The van der Waals surface area contributed by atoms with E-state index in [1.54, 1.807) is 6.20 Å². The minimum Gasteiger partial charge on any atom is -0.480 e. The van der Waals surface area contributed by atoms with Gasteiger partial charge in [-0.15, -0.1) is 0 Å². The van der Waals surface area contributed by atoms with E-state index in [0.29, 0.717) is 39.3 Å². The van der Waals surface area contributed by atoms with Crippen LogP contribution in [-0.4, -0.2) is 71.0 Å². The lowest BCUT2D eigenvalue weighted by atomic mass is 10.0. The third-order valence-electron chi connectivity index (χ3n) is 4.66. The van der Waals surface area contributed by atoms with Gasteiger partial charge in [-0.2, -0.15) is 0 Å². The number of amides is 1. The summed E-state index contributed by atoms with van der Waals surface area (Å²) in [5.41, 5.74) is 1.74. The summed E-state index contributed by atoms with van der Waals surface area (Å²) in [4.78, 5) is 30.9. The molecule has 1 aliphatic heterocycles. The second-order valence-corrected chi connectivity index (χ2v) is 6.30. The van der Waals surface area contributed by atoms with Crippen LogP contribution in [0.1, 0.15) is 18.5 Å². The summed E-state index contributed by atoms with van der Waals surface area (Å²) in [5.74, 6) is -0.829. The highest BCUT2D eigenvalue weighted by Crippen LogP contribution is 2.29. The number of aliphatic carboxylic acids is 1. The second kappa shape index (κ2) is 7.67. The first-order valence-electron chi connectivity index (χ1n) is 8.62. The molecule has 3 N–H and O–H groups in total. The SMILES string of the molecule is CCNC(=O)CN1CCN([C@H](C(=O)O)c2c[nH]c3ccccc23)CC1. The number of carboxylic acid groups (broad SMARTS) is 1. The third-order valence-corrected chi connectivity index (χ3v) is 4.66. The van der Waals surface area contributed by atoms with Gasteiger partial charge in [-0.25, -0.2) is 0 Å². The van der Waals surface area contributed by atoms with Crippen LogP contribution in [0.5, 0.6) is 0 Å². The summed E-state index contributed by atoms with van der Waals surface area (Å²) in [5, 5.41) is 13.5. The Bertz CT molecular complexity index is 750. The third kappa shape index (κ3) is 3.83. The fraction of sp³-hybridized carbons (Fsp3) is 0.444. The van der Waals surface area contributed by atoms with E-state index < -0.39 is 12.0 Å². The molecule has 1 aliphatic rings. The number of fused-ring (bicyclic) bond motifs is 1. The molecule has 1 fully saturated rings. The molecule has 1 atom stereocenters. The molecule has 0 aliphatic carbocycles. The van der Waals surface area contributed by atoms with Crippen molar-refractivity contribution in [3.05, 3.63) is 36.0 Å². The van der Waals surface area contributed by atoms with Crippen LogP contribution < -0.4 is 5.32 Å². The van der Waals surface area contributed by atoms with Crippen molar-refractivity contribution in [3.63, 3.8) is 0 Å². The van der Waals surface area contributed by atoms with Crippen molar-refractivity contribution >= 4 is 22.8 Å². The number of aromatic amines is 1. The molecule has 25 heavy (non-hydrogen) atoms. The highest BCUT2D eigenvalue weighted by molar-refractivity contribution is 5.89. The molecule has 1 amide bonds. The Morgan fingerprint density at radius 2 is 1.96 bits per heavy atom. The number of rotatable bonds is 6. The number of carboxylic acids is 1. The molecule has 134 valence electrons. The standard InChI is InChI=1S/C18H24N4O3/c1-2-19-16(23)12-21-7-9-22(10-8-21)17(18(24)25)14-11-20-15-6-4-3-5-13(14)15/h3-6,11,17,20H,2,7-10,12H2,1H3,(H,19,23)(H,24,25)/t17-/m0/s1. The molecule has 3 rings (SSSR count). The number of piperazine rings is 1. The van der Waals surface area contributed by atoms with Gasteiger partial charge in [0.1, 0.15) is 6.04 Å². The summed E-state index contributed by atoms with van der Waals surface area (Å²) >= 11 is 0. The van der Waals surface area contributed by atoms with Gasteiger partial charge >= 0.3 is 5.97 Å². The largest absolute Gasteiger partial charge is 0.480 e. The van der Waals surface area contributed by atoms with E-state index in [0.717, 1.165) is 16.5 Å². The fourth-order valence-corrected chi connectivity index (χ4v) is 3.44. The van der Waals surface area contributed by atoms with Gasteiger partial charge in [0.15, 0.2) is 0 Å². The molecule has 7 heteroatoms. The van der Waals surface area contributed by atoms with E-state index in [4.69, 9.17) is 0 Å². The van der Waals surface area contributed by atoms with Gasteiger partial charge in [0, 0.05) is 55.4 Å².